The van der Waals surface area contributed by atoms with Crippen LogP contribution in [0.4, 0.5) is 4.39 Å². The van der Waals surface area contributed by atoms with E-state index in [1.54, 1.807) is 19.1 Å². The number of carboxylic acids is 1. The molecule has 0 saturated heterocycles. The van der Waals surface area contributed by atoms with Crippen LogP contribution in [0.25, 0.3) is 11.0 Å². The van der Waals surface area contributed by atoms with Crippen LogP contribution >= 0.6 is 0 Å². The van der Waals surface area contributed by atoms with Crippen LogP contribution in [0.15, 0.2) is 22.8 Å². The largest absolute Gasteiger partial charge is 0.481 e. The van der Waals surface area contributed by atoms with Crippen molar-refractivity contribution in [2.75, 3.05) is 0 Å². The predicted molar refractivity (Wildman–Crippen MR) is 52.2 cm³/mol. The number of rotatable bonds is 2. The van der Waals surface area contributed by atoms with Gasteiger partial charge < -0.3 is 9.52 Å². The first-order chi connectivity index (χ1) is 7.09. The van der Waals surface area contributed by atoms with E-state index in [4.69, 9.17) is 9.52 Å². The molecule has 0 saturated carbocycles. The van der Waals surface area contributed by atoms with Gasteiger partial charge in [0.25, 0.3) is 0 Å². The summed E-state index contributed by atoms with van der Waals surface area (Å²) < 4.78 is 18.5. The first-order valence-corrected chi connectivity index (χ1v) is 4.46. The number of carbonyl (C=O) groups is 1. The molecule has 0 fully saturated rings. The molecule has 0 amide bonds. The summed E-state index contributed by atoms with van der Waals surface area (Å²) in [5.74, 6) is -1.39. The van der Waals surface area contributed by atoms with Crippen LogP contribution in [0.3, 0.4) is 0 Å². The lowest BCUT2D eigenvalue weighted by molar-refractivity contribution is -0.136. The van der Waals surface area contributed by atoms with Gasteiger partial charge in [-0.05, 0) is 12.5 Å². The Morgan fingerprint density at radius 3 is 2.93 bits per heavy atom. The van der Waals surface area contributed by atoms with Crippen molar-refractivity contribution >= 4 is 16.9 Å². The number of hydrogen-bond donors (Lipinski definition) is 1. The topological polar surface area (TPSA) is 50.4 Å². The van der Waals surface area contributed by atoms with Gasteiger partial charge in [0.2, 0.25) is 0 Å². The van der Waals surface area contributed by atoms with E-state index < -0.39 is 11.8 Å². The number of halogens is 1. The van der Waals surface area contributed by atoms with Crippen LogP contribution in [0.1, 0.15) is 11.1 Å². The highest BCUT2D eigenvalue weighted by molar-refractivity contribution is 5.86. The Kier molecular flexibility index (Phi) is 2.19. The zero-order valence-corrected chi connectivity index (χ0v) is 8.08. The zero-order valence-electron chi connectivity index (χ0n) is 8.08. The molecule has 2 aromatic rings. The van der Waals surface area contributed by atoms with E-state index in [1.165, 1.54) is 6.26 Å². The quantitative estimate of drug-likeness (QED) is 0.824. The molecule has 0 aliphatic carbocycles. The number of fused-ring (bicyclic) bond motifs is 1. The van der Waals surface area contributed by atoms with Gasteiger partial charge in [-0.15, -0.1) is 0 Å². The summed E-state index contributed by atoms with van der Waals surface area (Å²) in [5.41, 5.74) is 1.11. The fourth-order valence-electron chi connectivity index (χ4n) is 1.52. The lowest BCUT2D eigenvalue weighted by Gasteiger charge is -1.97. The Bertz CT molecular complexity index is 528. The number of aryl methyl sites for hydroxylation is 1. The van der Waals surface area contributed by atoms with Gasteiger partial charge >= 0.3 is 5.97 Å². The lowest BCUT2D eigenvalue weighted by atomic mass is 10.1. The molecule has 1 aromatic heterocycles. The Hall–Kier alpha value is -1.84. The Morgan fingerprint density at radius 2 is 2.27 bits per heavy atom. The molecule has 0 aliphatic heterocycles. The van der Waals surface area contributed by atoms with Crippen LogP contribution in [0, 0.1) is 12.7 Å². The maximum Gasteiger partial charge on any atom is 0.307 e. The Labute approximate surface area is 85.1 Å². The summed E-state index contributed by atoms with van der Waals surface area (Å²) in [6.45, 7) is 1.63. The van der Waals surface area contributed by atoms with Crippen molar-refractivity contribution < 1.29 is 18.7 Å². The van der Waals surface area contributed by atoms with E-state index in [1.807, 2.05) is 0 Å². The van der Waals surface area contributed by atoms with Crippen LogP contribution in [-0.2, 0) is 11.2 Å². The molecule has 2 rings (SSSR count). The average Bonchev–Trinajstić information content (AvgIpc) is 2.55. The van der Waals surface area contributed by atoms with Crippen molar-refractivity contribution in [3.8, 4) is 0 Å². The molecule has 0 spiro atoms. The average molecular weight is 208 g/mol. The molecule has 1 heterocycles. The molecule has 78 valence electrons. The normalized spacial score (nSPS) is 10.8. The third kappa shape index (κ3) is 1.58. The highest BCUT2D eigenvalue weighted by Crippen LogP contribution is 2.25. The lowest BCUT2D eigenvalue weighted by Crippen LogP contribution is -1.98. The molecule has 0 atom stereocenters. The van der Waals surface area contributed by atoms with Gasteiger partial charge in [-0.3, -0.25) is 4.79 Å². The van der Waals surface area contributed by atoms with E-state index in [0.29, 0.717) is 16.5 Å². The highest BCUT2D eigenvalue weighted by Gasteiger charge is 2.13. The van der Waals surface area contributed by atoms with E-state index in [9.17, 15) is 9.18 Å². The summed E-state index contributed by atoms with van der Waals surface area (Å²) in [4.78, 5) is 10.5. The molecular weight excluding hydrogens is 199 g/mol. The minimum absolute atomic E-state index is 0.131. The molecule has 1 aromatic carbocycles. The van der Waals surface area contributed by atoms with Gasteiger partial charge in [-0.1, -0.05) is 12.1 Å². The summed E-state index contributed by atoms with van der Waals surface area (Å²) in [7, 11) is 0. The van der Waals surface area contributed by atoms with E-state index in [0.717, 1.165) is 0 Å². The van der Waals surface area contributed by atoms with E-state index in [2.05, 4.69) is 0 Å². The number of aliphatic carboxylic acids is 1. The minimum Gasteiger partial charge on any atom is -0.481 e. The second-order valence-electron chi connectivity index (χ2n) is 3.40. The summed E-state index contributed by atoms with van der Waals surface area (Å²) in [6.07, 6.45) is 1.14. The monoisotopic (exact) mass is 208 g/mol. The first kappa shape index (κ1) is 9.71. The molecule has 15 heavy (non-hydrogen) atoms. The molecule has 0 aliphatic rings. The molecule has 3 nitrogen and oxygen atoms in total. The SMILES string of the molecule is Cc1ccc2c(CC(=O)O)coc2c1F. The number of furan rings is 1. The van der Waals surface area contributed by atoms with Gasteiger partial charge in [0.1, 0.15) is 0 Å². The van der Waals surface area contributed by atoms with Crippen LogP contribution in [0.5, 0.6) is 0 Å². The Morgan fingerprint density at radius 1 is 1.53 bits per heavy atom. The fourth-order valence-corrected chi connectivity index (χ4v) is 1.52. The van der Waals surface area contributed by atoms with Crippen molar-refractivity contribution in [3.05, 3.63) is 35.3 Å². The molecule has 0 radical (unpaired) electrons. The number of carboxylic acid groups (broad SMARTS) is 1. The number of benzene rings is 1. The van der Waals surface area contributed by atoms with Crippen molar-refractivity contribution in [1.29, 1.82) is 0 Å². The maximum atomic E-state index is 13.5. The standard InChI is InChI=1S/C11H9FO3/c1-6-2-3-8-7(4-9(13)14)5-15-11(8)10(6)12/h2-3,5H,4H2,1H3,(H,13,14). The van der Waals surface area contributed by atoms with Crippen molar-refractivity contribution in [2.24, 2.45) is 0 Å². The Balaban J connectivity index is 2.61. The second-order valence-corrected chi connectivity index (χ2v) is 3.40. The molecule has 0 bridgehead atoms. The molecule has 4 heteroatoms. The first-order valence-electron chi connectivity index (χ1n) is 4.46. The minimum atomic E-state index is -0.960. The zero-order chi connectivity index (χ0) is 11.0. The van der Waals surface area contributed by atoms with Crippen molar-refractivity contribution in [3.63, 3.8) is 0 Å². The van der Waals surface area contributed by atoms with Crippen LogP contribution in [0.2, 0.25) is 0 Å². The number of hydrogen-bond acceptors (Lipinski definition) is 2. The maximum absolute atomic E-state index is 13.5. The summed E-state index contributed by atoms with van der Waals surface area (Å²) in [6, 6.07) is 3.29. The molecule has 1 N–H and O–H groups in total. The van der Waals surface area contributed by atoms with Crippen LogP contribution in [-0.4, -0.2) is 11.1 Å². The third-order valence-electron chi connectivity index (χ3n) is 2.30. The van der Waals surface area contributed by atoms with E-state index >= 15 is 0 Å². The highest BCUT2D eigenvalue weighted by atomic mass is 19.1. The van der Waals surface area contributed by atoms with Gasteiger partial charge in [0.15, 0.2) is 11.4 Å². The molecular formula is C11H9FO3. The fraction of sp³-hybridized carbons (Fsp3) is 0.182. The summed E-state index contributed by atoms with van der Waals surface area (Å²) >= 11 is 0. The van der Waals surface area contributed by atoms with E-state index in [-0.39, 0.29) is 12.0 Å². The van der Waals surface area contributed by atoms with Crippen LogP contribution < -0.4 is 0 Å². The van der Waals surface area contributed by atoms with Gasteiger partial charge in [-0.2, -0.15) is 0 Å². The second kappa shape index (κ2) is 3.38. The smallest absolute Gasteiger partial charge is 0.307 e. The third-order valence-corrected chi connectivity index (χ3v) is 2.30. The van der Waals surface area contributed by atoms with Crippen molar-refractivity contribution in [2.45, 2.75) is 13.3 Å². The molecule has 0 unspecified atom stereocenters. The summed E-state index contributed by atoms with van der Waals surface area (Å²) in [5, 5.41) is 9.16. The van der Waals surface area contributed by atoms with Gasteiger partial charge in [0, 0.05) is 10.9 Å². The van der Waals surface area contributed by atoms with Crippen molar-refractivity contribution in [1.82, 2.24) is 0 Å². The van der Waals surface area contributed by atoms with Gasteiger partial charge in [-0.25, -0.2) is 4.39 Å². The predicted octanol–water partition coefficient (Wildman–Crippen LogP) is 2.51. The van der Waals surface area contributed by atoms with Gasteiger partial charge in [0.05, 0.1) is 12.7 Å².